The van der Waals surface area contributed by atoms with Crippen LogP contribution in [0.15, 0.2) is 18.2 Å². The van der Waals surface area contributed by atoms with Crippen LogP contribution in [0.2, 0.25) is 0 Å². The van der Waals surface area contributed by atoms with Gasteiger partial charge in [-0.05, 0) is 108 Å². The first-order chi connectivity index (χ1) is 10.3. The maximum Gasteiger partial charge on any atom is -0.00152 e. The molecule has 0 spiro atoms. The van der Waals surface area contributed by atoms with Crippen LogP contribution < -0.4 is 0 Å². The lowest BCUT2D eigenvalue weighted by Gasteiger charge is -2.34. The monoisotopic (exact) mass is 276 g/mol. The second-order valence-electron chi connectivity index (χ2n) is 9.59. The van der Waals surface area contributed by atoms with E-state index in [9.17, 15) is 0 Å². The topological polar surface area (TPSA) is 0 Å². The van der Waals surface area contributed by atoms with Crippen LogP contribution in [-0.4, -0.2) is 0 Å². The average Bonchev–Trinajstić information content (AvgIpc) is 3.31. The summed E-state index contributed by atoms with van der Waals surface area (Å²) in [5.74, 6) is 3.22. The molecule has 1 aromatic rings. The minimum Gasteiger partial charge on any atom is -0.0546 e. The molecule has 21 heavy (non-hydrogen) atoms. The summed E-state index contributed by atoms with van der Waals surface area (Å²) in [5.41, 5.74) is 7.39. The fourth-order valence-electron chi connectivity index (χ4n) is 6.83. The third-order valence-electron chi connectivity index (χ3n) is 9.17. The van der Waals surface area contributed by atoms with Gasteiger partial charge in [-0.1, -0.05) is 18.2 Å². The summed E-state index contributed by atoms with van der Waals surface area (Å²) < 4.78 is 0. The van der Waals surface area contributed by atoms with Crippen molar-refractivity contribution < 1.29 is 0 Å². The molecule has 108 valence electrons. The van der Waals surface area contributed by atoms with E-state index in [1.165, 1.54) is 57.8 Å². The SMILES string of the molecule is c1c(C23CCC2C3)cc(C23CCC2C3)cc1C12CCC1C2. The van der Waals surface area contributed by atoms with Crippen molar-refractivity contribution in [3.63, 3.8) is 0 Å². The maximum atomic E-state index is 2.69. The van der Waals surface area contributed by atoms with E-state index in [4.69, 9.17) is 0 Å². The lowest BCUT2D eigenvalue weighted by Crippen LogP contribution is -2.26. The molecule has 0 aromatic heterocycles. The summed E-state index contributed by atoms with van der Waals surface area (Å²) in [6.07, 6.45) is 13.6. The van der Waals surface area contributed by atoms with Gasteiger partial charge in [-0.15, -0.1) is 0 Å². The number of rotatable bonds is 3. The highest BCUT2D eigenvalue weighted by Gasteiger charge is 2.66. The molecule has 1 aromatic carbocycles. The van der Waals surface area contributed by atoms with Crippen molar-refractivity contribution in [2.75, 3.05) is 0 Å². The van der Waals surface area contributed by atoms with E-state index in [1.807, 2.05) is 0 Å². The van der Waals surface area contributed by atoms with Crippen LogP contribution in [0.1, 0.15) is 74.5 Å². The fourth-order valence-corrected chi connectivity index (χ4v) is 6.83. The first-order valence-corrected chi connectivity index (χ1v) is 9.42. The summed E-state index contributed by atoms with van der Waals surface area (Å²) in [6.45, 7) is 0. The van der Waals surface area contributed by atoms with Gasteiger partial charge in [0.15, 0.2) is 0 Å². The van der Waals surface area contributed by atoms with Crippen LogP contribution in [0, 0.1) is 17.8 Å². The number of benzene rings is 1. The van der Waals surface area contributed by atoms with Crippen LogP contribution in [0.3, 0.4) is 0 Å². The highest BCUT2D eigenvalue weighted by molar-refractivity contribution is 5.52. The van der Waals surface area contributed by atoms with Crippen molar-refractivity contribution >= 4 is 0 Å². The van der Waals surface area contributed by atoms with E-state index in [2.05, 4.69) is 18.2 Å². The second-order valence-corrected chi connectivity index (χ2v) is 9.59. The third-order valence-corrected chi connectivity index (χ3v) is 9.17. The zero-order valence-corrected chi connectivity index (χ0v) is 12.8. The standard InChI is InChI=1S/C21H24/c1-4-19(10-13(1)19)16-7-17(20-5-2-14(20)11-20)9-18(8-16)21-6-3-15(21)12-21/h7-9,13-15H,1-6,10-12H2. The molecule has 6 unspecified atom stereocenters. The highest BCUT2D eigenvalue weighted by atomic mass is 14.7. The molecule has 0 nitrogen and oxygen atoms in total. The molecule has 6 saturated carbocycles. The van der Waals surface area contributed by atoms with Gasteiger partial charge in [0.2, 0.25) is 0 Å². The van der Waals surface area contributed by atoms with E-state index < -0.39 is 0 Å². The van der Waals surface area contributed by atoms with Crippen molar-refractivity contribution in [2.45, 2.75) is 74.0 Å². The minimum absolute atomic E-state index is 0.681. The van der Waals surface area contributed by atoms with E-state index in [0.29, 0.717) is 16.2 Å². The van der Waals surface area contributed by atoms with Crippen LogP contribution in [0.25, 0.3) is 0 Å². The molecule has 6 aliphatic rings. The van der Waals surface area contributed by atoms with Crippen molar-refractivity contribution in [2.24, 2.45) is 17.8 Å². The molecule has 0 bridgehead atoms. The lowest BCUT2D eigenvalue weighted by atomic mass is 9.70. The molecule has 0 saturated heterocycles. The summed E-state index contributed by atoms with van der Waals surface area (Å²) in [4.78, 5) is 0. The Hall–Kier alpha value is -0.780. The summed E-state index contributed by atoms with van der Waals surface area (Å²) in [6, 6.07) is 8.07. The first kappa shape index (κ1) is 10.9. The van der Waals surface area contributed by atoms with Crippen molar-refractivity contribution in [3.05, 3.63) is 34.9 Å². The van der Waals surface area contributed by atoms with Gasteiger partial charge >= 0.3 is 0 Å². The maximum absolute atomic E-state index is 2.69. The Bertz CT molecular complexity index is 582. The number of hydrogen-bond donors (Lipinski definition) is 0. The molecule has 7 rings (SSSR count). The molecule has 0 radical (unpaired) electrons. The van der Waals surface area contributed by atoms with E-state index in [1.54, 1.807) is 16.7 Å². The van der Waals surface area contributed by atoms with Gasteiger partial charge in [0.05, 0.1) is 0 Å². The molecule has 6 fully saturated rings. The molecule has 0 aliphatic heterocycles. The van der Waals surface area contributed by atoms with Crippen molar-refractivity contribution in [3.8, 4) is 0 Å². The molecule has 0 heteroatoms. The van der Waals surface area contributed by atoms with Crippen molar-refractivity contribution in [1.82, 2.24) is 0 Å². The Morgan fingerprint density at radius 1 is 0.571 bits per heavy atom. The van der Waals surface area contributed by atoms with Gasteiger partial charge in [0, 0.05) is 0 Å². The van der Waals surface area contributed by atoms with Crippen LogP contribution in [-0.2, 0) is 16.2 Å². The van der Waals surface area contributed by atoms with Gasteiger partial charge in [-0.3, -0.25) is 0 Å². The molecule has 0 heterocycles. The molecular formula is C21H24. The number of fused-ring (bicyclic) bond motifs is 3. The van der Waals surface area contributed by atoms with Gasteiger partial charge < -0.3 is 0 Å². The quantitative estimate of drug-likeness (QED) is 0.741. The summed E-state index contributed by atoms with van der Waals surface area (Å²) in [5, 5.41) is 0. The third kappa shape index (κ3) is 1.03. The van der Waals surface area contributed by atoms with Crippen LogP contribution in [0.5, 0.6) is 0 Å². The second kappa shape index (κ2) is 2.86. The Kier molecular flexibility index (Phi) is 1.48. The van der Waals surface area contributed by atoms with Crippen LogP contribution >= 0.6 is 0 Å². The molecule has 6 atom stereocenters. The average molecular weight is 276 g/mol. The normalized spacial score (nSPS) is 56.9. The largest absolute Gasteiger partial charge is 0.0546 e. The fraction of sp³-hybridized carbons (Fsp3) is 0.714. The van der Waals surface area contributed by atoms with E-state index in [-0.39, 0.29) is 0 Å². The van der Waals surface area contributed by atoms with Crippen LogP contribution in [0.4, 0.5) is 0 Å². The Labute approximate surface area is 127 Å². The summed E-state index contributed by atoms with van der Waals surface area (Å²) >= 11 is 0. The first-order valence-electron chi connectivity index (χ1n) is 9.42. The highest BCUT2D eigenvalue weighted by Crippen LogP contribution is 2.73. The zero-order valence-electron chi connectivity index (χ0n) is 12.8. The molecule has 0 N–H and O–H groups in total. The van der Waals surface area contributed by atoms with Gasteiger partial charge in [-0.25, -0.2) is 0 Å². The Balaban J connectivity index is 1.40. The smallest absolute Gasteiger partial charge is 0.00152 e. The molecular weight excluding hydrogens is 252 g/mol. The van der Waals surface area contributed by atoms with Crippen molar-refractivity contribution in [1.29, 1.82) is 0 Å². The summed E-state index contributed by atoms with van der Waals surface area (Å²) in [7, 11) is 0. The van der Waals surface area contributed by atoms with Gasteiger partial charge in [0.25, 0.3) is 0 Å². The van der Waals surface area contributed by atoms with Gasteiger partial charge in [-0.2, -0.15) is 0 Å². The Morgan fingerprint density at radius 3 is 1.05 bits per heavy atom. The Morgan fingerprint density at radius 2 is 0.905 bits per heavy atom. The predicted octanol–water partition coefficient (Wildman–Crippen LogP) is 4.84. The molecule has 6 aliphatic carbocycles. The van der Waals surface area contributed by atoms with E-state index >= 15 is 0 Å². The number of hydrogen-bond acceptors (Lipinski definition) is 0. The zero-order chi connectivity index (χ0) is 13.4. The predicted molar refractivity (Wildman–Crippen MR) is 83.5 cm³/mol. The molecule has 0 amide bonds. The van der Waals surface area contributed by atoms with Gasteiger partial charge in [0.1, 0.15) is 0 Å². The lowest BCUT2D eigenvalue weighted by molar-refractivity contribution is 0.379. The van der Waals surface area contributed by atoms with E-state index in [0.717, 1.165) is 17.8 Å². The minimum atomic E-state index is 0.681.